The molecule has 46 valence electrons. The maximum absolute atomic E-state index is 4.86. The first-order valence-electron chi connectivity index (χ1n) is 2.54. The molecule has 0 aliphatic rings. The minimum atomic E-state index is 0.892. The summed E-state index contributed by atoms with van der Waals surface area (Å²) in [5, 5.41) is 0. The van der Waals surface area contributed by atoms with E-state index >= 15 is 0 Å². The summed E-state index contributed by atoms with van der Waals surface area (Å²) in [6.07, 6.45) is 3.89. The Kier molecular flexibility index (Phi) is 3.44. The van der Waals surface area contributed by atoms with Crippen molar-refractivity contribution in [3.05, 3.63) is 12.3 Å². The largest absolute Gasteiger partial charge is 0.346 e. The summed E-state index contributed by atoms with van der Waals surface area (Å²) in [4.78, 5) is 2.79. The highest BCUT2D eigenvalue weighted by molar-refractivity contribution is 7.80. The number of hydrogen-bond acceptors (Lipinski definition) is 1. The molecule has 0 atom stereocenters. The molecule has 0 rings (SSSR count). The molecule has 0 radical (unpaired) electrons. The van der Waals surface area contributed by atoms with Crippen LogP contribution in [0.3, 0.4) is 0 Å². The van der Waals surface area contributed by atoms with Gasteiger partial charge >= 0.3 is 0 Å². The molecule has 0 aliphatic carbocycles. The lowest BCUT2D eigenvalue weighted by atomic mass is 10.6. The summed E-state index contributed by atoms with van der Waals surface area (Å²) in [5.41, 5.74) is 0. The molecule has 0 saturated heterocycles. The predicted octanol–water partition coefficient (Wildman–Crippen LogP) is 1.80. The molecule has 0 heterocycles. The van der Waals surface area contributed by atoms with Gasteiger partial charge in [-0.1, -0.05) is 18.3 Å². The fraction of sp³-hybridized carbons (Fsp3) is 0.500. The van der Waals surface area contributed by atoms with Crippen LogP contribution in [0.4, 0.5) is 0 Å². The molecule has 0 aliphatic heterocycles. The molecular formula is C6H11NS. The summed E-state index contributed by atoms with van der Waals surface area (Å²) < 4.78 is 0. The van der Waals surface area contributed by atoms with Crippen molar-refractivity contribution >= 4 is 17.2 Å². The molecule has 8 heavy (non-hydrogen) atoms. The van der Waals surface area contributed by atoms with Crippen LogP contribution in [0, 0.1) is 0 Å². The van der Waals surface area contributed by atoms with Crippen LogP contribution in [0.1, 0.15) is 13.8 Å². The van der Waals surface area contributed by atoms with Crippen molar-refractivity contribution in [2.45, 2.75) is 13.8 Å². The van der Waals surface area contributed by atoms with E-state index in [9.17, 15) is 0 Å². The van der Waals surface area contributed by atoms with Crippen molar-refractivity contribution in [3.63, 3.8) is 0 Å². The van der Waals surface area contributed by atoms with Gasteiger partial charge in [-0.2, -0.15) is 0 Å². The van der Waals surface area contributed by atoms with E-state index in [1.54, 1.807) is 0 Å². The summed E-state index contributed by atoms with van der Waals surface area (Å²) in [7, 11) is 1.93. The number of nitrogens with zero attached hydrogens (tertiary/aromatic N) is 1. The zero-order chi connectivity index (χ0) is 6.57. The van der Waals surface area contributed by atoms with Crippen molar-refractivity contribution in [2.75, 3.05) is 7.05 Å². The van der Waals surface area contributed by atoms with Gasteiger partial charge in [-0.25, -0.2) is 0 Å². The second kappa shape index (κ2) is 3.61. The van der Waals surface area contributed by atoms with E-state index in [-0.39, 0.29) is 0 Å². The predicted molar refractivity (Wildman–Crippen MR) is 40.8 cm³/mol. The highest BCUT2D eigenvalue weighted by atomic mass is 32.1. The molecule has 1 nitrogen and oxygen atoms in total. The zero-order valence-corrected chi connectivity index (χ0v) is 6.33. The maximum atomic E-state index is 4.86. The Morgan fingerprint density at radius 3 is 2.25 bits per heavy atom. The van der Waals surface area contributed by atoms with Gasteiger partial charge in [-0.05, 0) is 20.0 Å². The van der Waals surface area contributed by atoms with E-state index in [2.05, 4.69) is 0 Å². The quantitative estimate of drug-likeness (QED) is 0.497. The van der Waals surface area contributed by atoms with Crippen LogP contribution >= 0.6 is 12.2 Å². The zero-order valence-electron chi connectivity index (χ0n) is 5.51. The van der Waals surface area contributed by atoms with Crippen LogP contribution in [0.15, 0.2) is 12.3 Å². The van der Waals surface area contributed by atoms with Crippen LogP contribution in [-0.2, 0) is 0 Å². The highest BCUT2D eigenvalue weighted by Gasteiger charge is 1.87. The minimum Gasteiger partial charge on any atom is -0.346 e. The van der Waals surface area contributed by atoms with Gasteiger partial charge in [0.2, 0.25) is 0 Å². The molecule has 0 aromatic rings. The van der Waals surface area contributed by atoms with E-state index in [1.807, 2.05) is 38.1 Å². The molecule has 0 amide bonds. The standard InChI is InChI=1S/C6H11NS/c1-4-5-7(3)6(2)8/h4-5H,1-3H3/b5-4-. The third kappa shape index (κ3) is 2.75. The number of hydrogen-bond donors (Lipinski definition) is 0. The van der Waals surface area contributed by atoms with Crippen molar-refractivity contribution < 1.29 is 0 Å². The number of allylic oxidation sites excluding steroid dienone is 1. The van der Waals surface area contributed by atoms with Crippen molar-refractivity contribution in [1.82, 2.24) is 4.90 Å². The van der Waals surface area contributed by atoms with E-state index in [4.69, 9.17) is 12.2 Å². The fourth-order valence-corrected chi connectivity index (χ4v) is 0.389. The van der Waals surface area contributed by atoms with Gasteiger partial charge in [0.15, 0.2) is 0 Å². The summed E-state index contributed by atoms with van der Waals surface area (Å²) in [5.74, 6) is 0. The topological polar surface area (TPSA) is 3.24 Å². The molecule has 0 fully saturated rings. The molecule has 2 heteroatoms. The van der Waals surface area contributed by atoms with E-state index < -0.39 is 0 Å². The fourth-order valence-electron chi connectivity index (χ4n) is 0.329. The third-order valence-corrected chi connectivity index (χ3v) is 1.16. The smallest absolute Gasteiger partial charge is 0.0784 e. The lowest BCUT2D eigenvalue weighted by Gasteiger charge is -2.09. The van der Waals surface area contributed by atoms with Gasteiger partial charge in [-0.15, -0.1) is 0 Å². The first-order chi connectivity index (χ1) is 3.68. The molecule has 0 aromatic carbocycles. The first kappa shape index (κ1) is 7.63. The summed E-state index contributed by atoms with van der Waals surface area (Å²) in [6.45, 7) is 3.87. The Morgan fingerprint density at radius 2 is 2.12 bits per heavy atom. The Bertz CT molecular complexity index is 107. The monoisotopic (exact) mass is 129 g/mol. The highest BCUT2D eigenvalue weighted by Crippen LogP contribution is 1.86. The maximum Gasteiger partial charge on any atom is 0.0784 e. The molecule has 0 aromatic heterocycles. The van der Waals surface area contributed by atoms with Crippen molar-refractivity contribution in [1.29, 1.82) is 0 Å². The molecule has 0 bridgehead atoms. The van der Waals surface area contributed by atoms with Crippen LogP contribution in [0.2, 0.25) is 0 Å². The molecule has 0 spiro atoms. The molecule has 0 saturated carbocycles. The van der Waals surface area contributed by atoms with Gasteiger partial charge in [0.1, 0.15) is 0 Å². The average Bonchev–Trinajstić information content (AvgIpc) is 1.67. The number of thiocarbonyl (C=S) groups is 1. The van der Waals surface area contributed by atoms with Crippen molar-refractivity contribution in [3.8, 4) is 0 Å². The second-order valence-electron chi connectivity index (χ2n) is 1.61. The van der Waals surface area contributed by atoms with Crippen molar-refractivity contribution in [2.24, 2.45) is 0 Å². The average molecular weight is 129 g/mol. The number of rotatable bonds is 1. The van der Waals surface area contributed by atoms with Crippen LogP contribution < -0.4 is 0 Å². The Hall–Kier alpha value is -0.370. The first-order valence-corrected chi connectivity index (χ1v) is 2.95. The van der Waals surface area contributed by atoms with Crippen LogP contribution in [0.5, 0.6) is 0 Å². The lowest BCUT2D eigenvalue weighted by Crippen LogP contribution is -2.14. The molecule has 0 N–H and O–H groups in total. The minimum absolute atomic E-state index is 0.892. The van der Waals surface area contributed by atoms with Gasteiger partial charge < -0.3 is 4.90 Å². The molecular weight excluding hydrogens is 118 g/mol. The molecule has 0 unspecified atom stereocenters. The normalized spacial score (nSPS) is 9.88. The van der Waals surface area contributed by atoms with E-state index in [1.165, 1.54) is 0 Å². The summed E-state index contributed by atoms with van der Waals surface area (Å²) >= 11 is 4.86. The SMILES string of the molecule is C/C=C\N(C)C(C)=S. The second-order valence-corrected chi connectivity index (χ2v) is 2.20. The van der Waals surface area contributed by atoms with Gasteiger partial charge in [0, 0.05) is 7.05 Å². The Balaban J connectivity index is 3.64. The van der Waals surface area contributed by atoms with E-state index in [0.717, 1.165) is 4.99 Å². The Morgan fingerprint density at radius 1 is 1.62 bits per heavy atom. The third-order valence-electron chi connectivity index (χ3n) is 0.869. The van der Waals surface area contributed by atoms with Crippen LogP contribution in [-0.4, -0.2) is 16.9 Å². The van der Waals surface area contributed by atoms with Gasteiger partial charge in [0.25, 0.3) is 0 Å². The van der Waals surface area contributed by atoms with Gasteiger partial charge in [-0.3, -0.25) is 0 Å². The Labute approximate surface area is 56.0 Å². The van der Waals surface area contributed by atoms with Crippen LogP contribution in [0.25, 0.3) is 0 Å². The van der Waals surface area contributed by atoms with Gasteiger partial charge in [0.05, 0.1) is 4.99 Å². The summed E-state index contributed by atoms with van der Waals surface area (Å²) in [6, 6.07) is 0. The lowest BCUT2D eigenvalue weighted by molar-refractivity contribution is 0.697. The van der Waals surface area contributed by atoms with E-state index in [0.29, 0.717) is 0 Å².